The minimum absolute atomic E-state index is 0.0575. The molecule has 0 aromatic heterocycles. The normalized spacial score (nSPS) is 16.8. The maximum atomic E-state index is 11.7. The van der Waals surface area contributed by atoms with E-state index in [2.05, 4.69) is 6.58 Å². The van der Waals surface area contributed by atoms with Gasteiger partial charge in [-0.15, -0.1) is 6.58 Å². The lowest BCUT2D eigenvalue weighted by Crippen LogP contribution is -2.41. The average molecular weight is 241 g/mol. The molecule has 1 N–H and O–H groups in total. The van der Waals surface area contributed by atoms with Gasteiger partial charge < -0.3 is 14.7 Å². The van der Waals surface area contributed by atoms with Crippen molar-refractivity contribution in [2.75, 3.05) is 26.3 Å². The molecule has 17 heavy (non-hydrogen) atoms. The first-order valence-electron chi connectivity index (χ1n) is 5.84. The molecule has 0 spiro atoms. The summed E-state index contributed by atoms with van der Waals surface area (Å²) in [7, 11) is 0. The Morgan fingerprint density at radius 2 is 2.06 bits per heavy atom. The summed E-state index contributed by atoms with van der Waals surface area (Å²) in [6, 6.07) is 0. The van der Waals surface area contributed by atoms with E-state index in [1.54, 1.807) is 11.0 Å². The van der Waals surface area contributed by atoms with Gasteiger partial charge in [0.05, 0.1) is 12.5 Å². The summed E-state index contributed by atoms with van der Waals surface area (Å²) in [5.74, 6) is -1.13. The van der Waals surface area contributed by atoms with Crippen molar-refractivity contribution in [2.45, 2.75) is 19.3 Å². The number of rotatable bonds is 6. The molecule has 1 aliphatic heterocycles. The Morgan fingerprint density at radius 1 is 1.41 bits per heavy atom. The van der Waals surface area contributed by atoms with Crippen molar-refractivity contribution in [2.24, 2.45) is 5.92 Å². The van der Waals surface area contributed by atoms with Gasteiger partial charge in [0.15, 0.2) is 0 Å². The van der Waals surface area contributed by atoms with Gasteiger partial charge in [-0.1, -0.05) is 6.08 Å². The van der Waals surface area contributed by atoms with E-state index in [4.69, 9.17) is 9.84 Å². The lowest BCUT2D eigenvalue weighted by Gasteiger charge is -2.30. The minimum Gasteiger partial charge on any atom is -0.481 e. The summed E-state index contributed by atoms with van der Waals surface area (Å²) in [5.41, 5.74) is 0. The van der Waals surface area contributed by atoms with E-state index in [1.165, 1.54) is 0 Å². The first kappa shape index (κ1) is 13.7. The zero-order valence-corrected chi connectivity index (χ0v) is 9.93. The quantitative estimate of drug-likeness (QED) is 0.554. The molecule has 1 fully saturated rings. The third kappa shape index (κ3) is 4.56. The number of aliphatic carboxylic acids is 1. The van der Waals surface area contributed by atoms with Gasteiger partial charge in [-0.3, -0.25) is 9.59 Å². The van der Waals surface area contributed by atoms with Gasteiger partial charge in [-0.25, -0.2) is 0 Å². The molecule has 0 unspecified atom stereocenters. The van der Waals surface area contributed by atoms with Crippen LogP contribution in [0.3, 0.4) is 0 Å². The smallest absolute Gasteiger partial charge is 0.306 e. The highest BCUT2D eigenvalue weighted by Gasteiger charge is 2.26. The van der Waals surface area contributed by atoms with Gasteiger partial charge in [0, 0.05) is 13.1 Å². The van der Waals surface area contributed by atoms with Gasteiger partial charge in [-0.05, 0) is 19.3 Å². The number of carboxylic acids is 1. The van der Waals surface area contributed by atoms with Crippen molar-refractivity contribution < 1.29 is 19.4 Å². The molecule has 0 radical (unpaired) electrons. The molecular weight excluding hydrogens is 222 g/mol. The van der Waals surface area contributed by atoms with Gasteiger partial charge in [0.25, 0.3) is 0 Å². The molecule has 0 bridgehead atoms. The van der Waals surface area contributed by atoms with E-state index >= 15 is 0 Å². The van der Waals surface area contributed by atoms with Gasteiger partial charge in [-0.2, -0.15) is 0 Å². The van der Waals surface area contributed by atoms with E-state index in [-0.39, 0.29) is 18.4 Å². The number of carbonyl (C=O) groups is 2. The number of carboxylic acid groups (broad SMARTS) is 1. The molecule has 96 valence electrons. The Hall–Kier alpha value is -1.36. The molecule has 1 rings (SSSR count). The van der Waals surface area contributed by atoms with Crippen molar-refractivity contribution >= 4 is 11.9 Å². The topological polar surface area (TPSA) is 66.8 Å². The summed E-state index contributed by atoms with van der Waals surface area (Å²) >= 11 is 0. The molecule has 1 saturated heterocycles. The van der Waals surface area contributed by atoms with Gasteiger partial charge >= 0.3 is 5.97 Å². The minimum atomic E-state index is -0.765. The van der Waals surface area contributed by atoms with Crippen LogP contribution < -0.4 is 0 Å². The summed E-state index contributed by atoms with van der Waals surface area (Å²) in [6.45, 7) is 5.17. The maximum Gasteiger partial charge on any atom is 0.306 e. The maximum absolute atomic E-state index is 11.7. The molecule has 0 aliphatic carbocycles. The van der Waals surface area contributed by atoms with E-state index in [9.17, 15) is 9.59 Å². The monoisotopic (exact) mass is 241 g/mol. The van der Waals surface area contributed by atoms with E-state index in [0.29, 0.717) is 32.5 Å². The number of ether oxygens (including phenoxy) is 1. The zero-order chi connectivity index (χ0) is 12.7. The number of nitrogens with zero attached hydrogens (tertiary/aromatic N) is 1. The molecule has 1 aliphatic rings. The van der Waals surface area contributed by atoms with Crippen LogP contribution >= 0.6 is 0 Å². The number of likely N-dealkylation sites (tertiary alicyclic amines) is 1. The Balaban J connectivity index is 2.21. The molecular formula is C12H19NO4. The highest BCUT2D eigenvalue weighted by molar-refractivity contribution is 5.78. The first-order chi connectivity index (χ1) is 8.15. The predicted molar refractivity (Wildman–Crippen MR) is 62.6 cm³/mol. The van der Waals surface area contributed by atoms with E-state index < -0.39 is 5.97 Å². The second-order valence-corrected chi connectivity index (χ2v) is 4.12. The van der Waals surface area contributed by atoms with Crippen LogP contribution in [-0.2, 0) is 14.3 Å². The standard InChI is InChI=1S/C12H19NO4/c1-2-3-8-17-9-11(14)13-6-4-10(5-7-13)12(15)16/h2,10H,1,3-9H2,(H,15,16). The van der Waals surface area contributed by atoms with Crippen molar-refractivity contribution in [1.29, 1.82) is 0 Å². The largest absolute Gasteiger partial charge is 0.481 e. The number of hydrogen-bond donors (Lipinski definition) is 1. The zero-order valence-electron chi connectivity index (χ0n) is 9.93. The molecule has 1 heterocycles. The highest BCUT2D eigenvalue weighted by Crippen LogP contribution is 2.17. The molecule has 1 amide bonds. The summed E-state index contributed by atoms with van der Waals surface area (Å²) in [4.78, 5) is 24.1. The predicted octanol–water partition coefficient (Wildman–Crippen LogP) is 0.902. The van der Waals surface area contributed by atoms with Crippen molar-refractivity contribution in [3.05, 3.63) is 12.7 Å². The van der Waals surface area contributed by atoms with Gasteiger partial charge in [0.2, 0.25) is 5.91 Å². The molecule has 0 aromatic carbocycles. The lowest BCUT2D eigenvalue weighted by molar-refractivity contribution is -0.146. The lowest BCUT2D eigenvalue weighted by atomic mass is 9.97. The third-order valence-electron chi connectivity index (χ3n) is 2.89. The van der Waals surface area contributed by atoms with Crippen molar-refractivity contribution in [3.8, 4) is 0 Å². The third-order valence-corrected chi connectivity index (χ3v) is 2.89. The Bertz CT molecular complexity index is 282. The highest BCUT2D eigenvalue weighted by atomic mass is 16.5. The van der Waals surface area contributed by atoms with E-state index in [0.717, 1.165) is 6.42 Å². The van der Waals surface area contributed by atoms with Crippen LogP contribution in [0.5, 0.6) is 0 Å². The van der Waals surface area contributed by atoms with Crippen molar-refractivity contribution in [1.82, 2.24) is 4.90 Å². The summed E-state index contributed by atoms with van der Waals surface area (Å²) in [6.07, 6.45) is 3.54. The summed E-state index contributed by atoms with van der Waals surface area (Å²) < 4.78 is 5.18. The molecule has 5 nitrogen and oxygen atoms in total. The van der Waals surface area contributed by atoms with Gasteiger partial charge in [0.1, 0.15) is 6.61 Å². The first-order valence-corrected chi connectivity index (χ1v) is 5.84. The number of hydrogen-bond acceptors (Lipinski definition) is 3. The second-order valence-electron chi connectivity index (χ2n) is 4.12. The van der Waals surface area contributed by atoms with Crippen LogP contribution in [0.4, 0.5) is 0 Å². The fourth-order valence-corrected chi connectivity index (χ4v) is 1.79. The fourth-order valence-electron chi connectivity index (χ4n) is 1.79. The van der Waals surface area contributed by atoms with Crippen molar-refractivity contribution in [3.63, 3.8) is 0 Å². The Morgan fingerprint density at radius 3 is 2.59 bits per heavy atom. The average Bonchev–Trinajstić information content (AvgIpc) is 2.34. The van der Waals surface area contributed by atoms with Crippen LogP contribution in [0.1, 0.15) is 19.3 Å². The number of piperidine rings is 1. The molecule has 0 aromatic rings. The van der Waals surface area contributed by atoms with Crippen LogP contribution in [0.2, 0.25) is 0 Å². The van der Waals surface area contributed by atoms with Crippen LogP contribution in [-0.4, -0.2) is 48.2 Å². The molecule has 0 atom stereocenters. The van der Waals surface area contributed by atoms with Crippen LogP contribution in [0.15, 0.2) is 12.7 Å². The molecule has 0 saturated carbocycles. The Labute approximate surface area is 101 Å². The number of carbonyl (C=O) groups excluding carboxylic acids is 1. The molecule has 5 heteroatoms. The van der Waals surface area contributed by atoms with Crippen LogP contribution in [0, 0.1) is 5.92 Å². The van der Waals surface area contributed by atoms with E-state index in [1.807, 2.05) is 0 Å². The fraction of sp³-hybridized carbons (Fsp3) is 0.667. The summed E-state index contributed by atoms with van der Waals surface area (Å²) in [5, 5.41) is 8.83. The second kappa shape index (κ2) is 7.06. The number of amides is 1. The van der Waals surface area contributed by atoms with Crippen LogP contribution in [0.25, 0.3) is 0 Å². The Kier molecular flexibility index (Phi) is 5.69. The SMILES string of the molecule is C=CCCOCC(=O)N1CCC(C(=O)O)CC1.